The Morgan fingerprint density at radius 3 is 1.69 bits per heavy atom. The van der Waals surface area contributed by atoms with Gasteiger partial charge in [-0.1, -0.05) is 121 Å². The maximum atomic E-state index is 16.0. The maximum Gasteiger partial charge on any atom is 0.172 e. The highest BCUT2D eigenvalue weighted by atomic mass is 19.1. The summed E-state index contributed by atoms with van der Waals surface area (Å²) in [6.07, 6.45) is 0. The maximum absolute atomic E-state index is 16.0. The Bertz CT molecular complexity index is 2440. The van der Waals surface area contributed by atoms with Gasteiger partial charge in [-0.25, -0.2) is 14.4 Å². The van der Waals surface area contributed by atoms with E-state index in [4.69, 9.17) is 14.7 Å². The number of aromatic nitrogens is 2. The molecule has 0 amide bonds. The highest BCUT2D eigenvalue weighted by Crippen LogP contribution is 2.45. The van der Waals surface area contributed by atoms with E-state index in [9.17, 15) is 0 Å². The molecule has 1 aliphatic rings. The number of halogens is 1. The number of hydrogen-bond acceptors (Lipinski definition) is 3. The van der Waals surface area contributed by atoms with E-state index in [1.165, 1.54) is 0 Å². The Hall–Kier alpha value is -5.87. The molecule has 0 saturated carbocycles. The third-order valence-electron chi connectivity index (χ3n) is 8.82. The Balaban J connectivity index is 1.23. The number of benzene rings is 7. The molecular formula is C41H25FN2O. The quantitative estimate of drug-likeness (QED) is 0.195. The Morgan fingerprint density at radius 1 is 0.467 bits per heavy atom. The van der Waals surface area contributed by atoms with Crippen LogP contribution >= 0.6 is 0 Å². The predicted octanol–water partition coefficient (Wildman–Crippen LogP) is 10.6. The van der Waals surface area contributed by atoms with Crippen molar-refractivity contribution in [2.75, 3.05) is 0 Å². The summed E-state index contributed by atoms with van der Waals surface area (Å²) in [5.41, 5.74) is 6.69. The third kappa shape index (κ3) is 4.10. The van der Waals surface area contributed by atoms with E-state index in [0.717, 1.165) is 71.5 Å². The summed E-state index contributed by atoms with van der Waals surface area (Å²) in [5, 5.41) is 6.41. The van der Waals surface area contributed by atoms with Crippen LogP contribution in [0.3, 0.4) is 0 Å². The molecule has 2 heterocycles. The fraction of sp³-hybridized carbons (Fsp3) is 0.0244. The van der Waals surface area contributed by atoms with Crippen molar-refractivity contribution < 1.29 is 9.13 Å². The second kappa shape index (κ2) is 10.1. The van der Waals surface area contributed by atoms with Gasteiger partial charge in [0.25, 0.3) is 0 Å². The van der Waals surface area contributed by atoms with Gasteiger partial charge in [0, 0.05) is 22.3 Å². The summed E-state index contributed by atoms with van der Waals surface area (Å²) in [5.74, 6) is 1.05. The number of fused-ring (bicyclic) bond motifs is 9. The van der Waals surface area contributed by atoms with Gasteiger partial charge in [0.1, 0.15) is 23.8 Å². The van der Waals surface area contributed by atoms with Crippen LogP contribution in [0, 0.1) is 5.82 Å². The van der Waals surface area contributed by atoms with Crippen molar-refractivity contribution >= 4 is 32.3 Å². The summed E-state index contributed by atoms with van der Waals surface area (Å²) in [7, 11) is 0. The van der Waals surface area contributed by atoms with E-state index in [2.05, 4.69) is 30.3 Å². The van der Waals surface area contributed by atoms with Gasteiger partial charge in [-0.3, -0.25) is 0 Å². The molecule has 45 heavy (non-hydrogen) atoms. The Morgan fingerprint density at radius 2 is 1.02 bits per heavy atom. The molecule has 212 valence electrons. The number of nitrogens with zero attached hydrogens (tertiary/aromatic N) is 2. The average Bonchev–Trinajstić information content (AvgIpc) is 3.11. The van der Waals surface area contributed by atoms with Crippen LogP contribution in [0.25, 0.3) is 77.3 Å². The second-order valence-corrected chi connectivity index (χ2v) is 11.4. The molecule has 0 aliphatic carbocycles. The van der Waals surface area contributed by atoms with Gasteiger partial charge in [-0.15, -0.1) is 0 Å². The zero-order chi connectivity index (χ0) is 29.9. The molecule has 0 radical (unpaired) electrons. The molecule has 0 spiro atoms. The predicted molar refractivity (Wildman–Crippen MR) is 181 cm³/mol. The molecule has 4 heteroatoms. The lowest BCUT2D eigenvalue weighted by Gasteiger charge is -2.23. The first-order valence-corrected chi connectivity index (χ1v) is 15.0. The fourth-order valence-electron chi connectivity index (χ4n) is 6.69. The largest absolute Gasteiger partial charge is 0.484 e. The van der Waals surface area contributed by atoms with Crippen LogP contribution < -0.4 is 4.74 Å². The standard InChI is InChI=1S/C41H25FN2O/c42-37-23-36-33-18-10-8-16-31(33)30-15-7-9-17-32(30)35(36)22-34(37)27-19-20-29-28(21-27)24-45-40-38(25-11-3-1-4-12-25)43-41(44-39(29)40)26-13-5-2-6-14-26/h1-23H,24H2. The summed E-state index contributed by atoms with van der Waals surface area (Å²) >= 11 is 0. The molecule has 0 N–H and O–H groups in total. The lowest BCUT2D eigenvalue weighted by Crippen LogP contribution is -2.10. The van der Waals surface area contributed by atoms with Gasteiger partial charge in [0.2, 0.25) is 0 Å². The highest BCUT2D eigenvalue weighted by molar-refractivity contribution is 6.25. The van der Waals surface area contributed by atoms with Crippen LogP contribution in [0.5, 0.6) is 5.75 Å². The van der Waals surface area contributed by atoms with E-state index in [0.29, 0.717) is 23.7 Å². The first-order chi connectivity index (χ1) is 22.2. The van der Waals surface area contributed by atoms with Crippen molar-refractivity contribution in [2.24, 2.45) is 0 Å². The van der Waals surface area contributed by atoms with Crippen LogP contribution in [0.2, 0.25) is 0 Å². The van der Waals surface area contributed by atoms with Crippen LogP contribution in [0.1, 0.15) is 5.56 Å². The van der Waals surface area contributed by atoms with Crippen LogP contribution in [0.4, 0.5) is 4.39 Å². The third-order valence-corrected chi connectivity index (χ3v) is 8.82. The highest BCUT2D eigenvalue weighted by Gasteiger charge is 2.26. The first kappa shape index (κ1) is 25.6. The van der Waals surface area contributed by atoms with Gasteiger partial charge in [-0.05, 0) is 61.6 Å². The molecule has 0 saturated heterocycles. The zero-order valence-corrected chi connectivity index (χ0v) is 24.2. The normalized spacial score (nSPS) is 12.2. The molecule has 9 rings (SSSR count). The van der Waals surface area contributed by atoms with E-state index in [1.807, 2.05) is 103 Å². The van der Waals surface area contributed by atoms with Gasteiger partial charge >= 0.3 is 0 Å². The topological polar surface area (TPSA) is 35.0 Å². The van der Waals surface area contributed by atoms with Crippen molar-refractivity contribution in [3.8, 4) is 50.8 Å². The summed E-state index contributed by atoms with van der Waals surface area (Å²) < 4.78 is 22.4. The smallest absolute Gasteiger partial charge is 0.172 e. The summed E-state index contributed by atoms with van der Waals surface area (Å²) in [6, 6.07) is 46.4. The van der Waals surface area contributed by atoms with E-state index >= 15 is 4.39 Å². The van der Waals surface area contributed by atoms with Crippen molar-refractivity contribution in [1.29, 1.82) is 0 Å². The minimum atomic E-state index is -0.250. The van der Waals surface area contributed by atoms with Gasteiger partial charge in [0.05, 0.1) is 0 Å². The summed E-state index contributed by atoms with van der Waals surface area (Å²) in [6.45, 7) is 0.340. The van der Waals surface area contributed by atoms with Crippen molar-refractivity contribution in [3.63, 3.8) is 0 Å². The van der Waals surface area contributed by atoms with Crippen LogP contribution in [0.15, 0.2) is 140 Å². The van der Waals surface area contributed by atoms with E-state index in [-0.39, 0.29) is 5.82 Å². The number of hydrogen-bond donors (Lipinski definition) is 0. The minimum absolute atomic E-state index is 0.250. The Kier molecular flexibility index (Phi) is 5.75. The number of ether oxygens (including phenoxy) is 1. The summed E-state index contributed by atoms with van der Waals surface area (Å²) in [4.78, 5) is 9.99. The molecule has 0 atom stereocenters. The van der Waals surface area contributed by atoms with Gasteiger partial charge < -0.3 is 4.74 Å². The molecule has 7 aromatic carbocycles. The molecule has 1 aliphatic heterocycles. The zero-order valence-electron chi connectivity index (χ0n) is 24.2. The first-order valence-electron chi connectivity index (χ1n) is 15.0. The van der Waals surface area contributed by atoms with Crippen molar-refractivity contribution in [3.05, 3.63) is 151 Å². The minimum Gasteiger partial charge on any atom is -0.484 e. The van der Waals surface area contributed by atoms with E-state index in [1.54, 1.807) is 6.07 Å². The van der Waals surface area contributed by atoms with Gasteiger partial charge in [0.15, 0.2) is 11.6 Å². The molecule has 0 bridgehead atoms. The lowest BCUT2D eigenvalue weighted by molar-refractivity contribution is 0.301. The molecule has 3 nitrogen and oxygen atoms in total. The fourth-order valence-corrected chi connectivity index (χ4v) is 6.69. The molecule has 1 aromatic heterocycles. The molecule has 0 unspecified atom stereocenters. The average molecular weight is 581 g/mol. The van der Waals surface area contributed by atoms with Crippen LogP contribution in [-0.2, 0) is 6.61 Å². The monoisotopic (exact) mass is 580 g/mol. The van der Waals surface area contributed by atoms with Crippen molar-refractivity contribution in [1.82, 2.24) is 9.97 Å². The SMILES string of the molecule is Fc1cc2c3ccccc3c3ccccc3c2cc1-c1ccc2c(c1)COc1c(-c3ccccc3)nc(-c3ccccc3)nc1-2. The van der Waals surface area contributed by atoms with Crippen molar-refractivity contribution in [2.45, 2.75) is 6.61 Å². The molecular weight excluding hydrogens is 555 g/mol. The Labute approximate surface area is 259 Å². The molecule has 0 fully saturated rings. The lowest BCUT2D eigenvalue weighted by atomic mass is 9.90. The second-order valence-electron chi connectivity index (χ2n) is 11.4. The molecule has 8 aromatic rings. The van der Waals surface area contributed by atoms with Crippen LogP contribution in [-0.4, -0.2) is 9.97 Å². The van der Waals surface area contributed by atoms with E-state index < -0.39 is 0 Å². The number of rotatable bonds is 3. The van der Waals surface area contributed by atoms with Gasteiger partial charge in [-0.2, -0.15) is 0 Å².